The SMILES string of the molecule is CCCCCC(=O)OC(C)c1nc2ccccc2n1C(F)F. The third-order valence-electron chi connectivity index (χ3n) is 3.47. The first-order valence-corrected chi connectivity index (χ1v) is 7.49. The molecule has 0 saturated carbocycles. The summed E-state index contributed by atoms with van der Waals surface area (Å²) in [4.78, 5) is 15.9. The van der Waals surface area contributed by atoms with E-state index >= 15 is 0 Å². The van der Waals surface area contributed by atoms with Crippen molar-refractivity contribution in [2.75, 3.05) is 0 Å². The van der Waals surface area contributed by atoms with E-state index in [9.17, 15) is 13.6 Å². The van der Waals surface area contributed by atoms with E-state index in [2.05, 4.69) is 4.98 Å². The van der Waals surface area contributed by atoms with E-state index in [0.717, 1.165) is 23.8 Å². The van der Waals surface area contributed by atoms with Gasteiger partial charge >= 0.3 is 12.5 Å². The Kier molecular flexibility index (Phi) is 5.46. The minimum Gasteiger partial charge on any atom is -0.454 e. The Morgan fingerprint density at radius 3 is 2.73 bits per heavy atom. The number of nitrogens with zero attached hydrogens (tertiary/aromatic N) is 2. The van der Waals surface area contributed by atoms with Gasteiger partial charge in [0.2, 0.25) is 0 Å². The van der Waals surface area contributed by atoms with Crippen LogP contribution in [0.3, 0.4) is 0 Å². The lowest BCUT2D eigenvalue weighted by molar-refractivity contribution is -0.149. The van der Waals surface area contributed by atoms with Crippen LogP contribution in [0.4, 0.5) is 8.78 Å². The third-order valence-corrected chi connectivity index (χ3v) is 3.47. The summed E-state index contributed by atoms with van der Waals surface area (Å²) < 4.78 is 32.7. The number of aromatic nitrogens is 2. The van der Waals surface area contributed by atoms with Crippen molar-refractivity contribution in [2.45, 2.75) is 52.2 Å². The molecular formula is C16H20F2N2O2. The van der Waals surface area contributed by atoms with Crippen LogP contribution in [0.2, 0.25) is 0 Å². The smallest absolute Gasteiger partial charge is 0.320 e. The molecule has 6 heteroatoms. The number of carbonyl (C=O) groups is 1. The monoisotopic (exact) mass is 310 g/mol. The molecule has 1 atom stereocenters. The van der Waals surface area contributed by atoms with Gasteiger partial charge in [-0.2, -0.15) is 8.78 Å². The first-order valence-electron chi connectivity index (χ1n) is 7.49. The zero-order valence-corrected chi connectivity index (χ0v) is 12.8. The molecule has 22 heavy (non-hydrogen) atoms. The minimum absolute atomic E-state index is 0.0695. The number of hydrogen-bond acceptors (Lipinski definition) is 3. The zero-order chi connectivity index (χ0) is 16.1. The van der Waals surface area contributed by atoms with Crippen molar-refractivity contribution < 1.29 is 18.3 Å². The molecule has 2 aromatic rings. The van der Waals surface area contributed by atoms with E-state index in [0.29, 0.717) is 17.5 Å². The van der Waals surface area contributed by atoms with Crippen molar-refractivity contribution in [1.29, 1.82) is 0 Å². The van der Waals surface area contributed by atoms with E-state index < -0.39 is 12.7 Å². The largest absolute Gasteiger partial charge is 0.454 e. The highest BCUT2D eigenvalue weighted by molar-refractivity contribution is 5.76. The van der Waals surface area contributed by atoms with Gasteiger partial charge in [-0.05, 0) is 25.5 Å². The number of ether oxygens (including phenoxy) is 1. The molecule has 0 aliphatic heterocycles. The summed E-state index contributed by atoms with van der Waals surface area (Å²) in [6, 6.07) is 6.64. The van der Waals surface area contributed by atoms with Crippen LogP contribution in [-0.4, -0.2) is 15.5 Å². The summed E-state index contributed by atoms with van der Waals surface area (Å²) in [5.74, 6) is -0.311. The quantitative estimate of drug-likeness (QED) is 0.554. The van der Waals surface area contributed by atoms with E-state index in [1.807, 2.05) is 6.92 Å². The number of unbranched alkanes of at least 4 members (excludes halogenated alkanes) is 2. The van der Waals surface area contributed by atoms with Crippen molar-refractivity contribution in [2.24, 2.45) is 0 Å². The molecule has 1 aromatic heterocycles. The molecule has 0 fully saturated rings. The normalized spacial score (nSPS) is 12.8. The van der Waals surface area contributed by atoms with Crippen LogP contribution in [0, 0.1) is 0 Å². The average Bonchev–Trinajstić information content (AvgIpc) is 2.87. The highest BCUT2D eigenvalue weighted by Crippen LogP contribution is 2.28. The van der Waals surface area contributed by atoms with Gasteiger partial charge in [0.05, 0.1) is 11.0 Å². The fraction of sp³-hybridized carbons (Fsp3) is 0.500. The Labute approximate surface area is 128 Å². The summed E-state index contributed by atoms with van der Waals surface area (Å²) in [5.41, 5.74) is 0.799. The number of imidazole rings is 1. The van der Waals surface area contributed by atoms with E-state index in [1.54, 1.807) is 31.2 Å². The van der Waals surface area contributed by atoms with Gasteiger partial charge in [-0.3, -0.25) is 9.36 Å². The molecule has 1 heterocycles. The predicted molar refractivity (Wildman–Crippen MR) is 79.6 cm³/mol. The van der Waals surface area contributed by atoms with Crippen molar-refractivity contribution in [1.82, 2.24) is 9.55 Å². The van der Waals surface area contributed by atoms with Crippen LogP contribution in [0.1, 0.15) is 58.0 Å². The summed E-state index contributed by atoms with van der Waals surface area (Å²) in [5, 5.41) is 0. The number of para-hydroxylation sites is 2. The zero-order valence-electron chi connectivity index (χ0n) is 12.8. The maximum Gasteiger partial charge on any atom is 0.320 e. The number of esters is 1. The first-order chi connectivity index (χ1) is 10.5. The van der Waals surface area contributed by atoms with Gasteiger partial charge in [0.1, 0.15) is 0 Å². The van der Waals surface area contributed by atoms with Crippen molar-refractivity contribution >= 4 is 17.0 Å². The molecule has 0 radical (unpaired) electrons. The molecule has 0 bridgehead atoms. The Bertz CT molecular complexity index is 640. The second kappa shape index (κ2) is 7.33. The molecule has 0 amide bonds. The summed E-state index contributed by atoms with van der Waals surface area (Å²) in [6.45, 7) is 0.875. The Balaban J connectivity index is 2.18. The van der Waals surface area contributed by atoms with Gasteiger partial charge < -0.3 is 4.74 Å². The van der Waals surface area contributed by atoms with Gasteiger partial charge in [0.15, 0.2) is 11.9 Å². The number of rotatable bonds is 7. The molecule has 1 unspecified atom stereocenters. The second-order valence-corrected chi connectivity index (χ2v) is 5.20. The number of alkyl halides is 2. The lowest BCUT2D eigenvalue weighted by atomic mass is 10.2. The molecule has 0 saturated heterocycles. The molecule has 0 aliphatic rings. The van der Waals surface area contributed by atoms with Crippen LogP contribution >= 0.6 is 0 Å². The molecule has 0 N–H and O–H groups in total. The standard InChI is InChI=1S/C16H20F2N2O2/c1-3-4-5-10-14(21)22-11(2)15-19-12-8-6-7-9-13(12)20(15)16(17)18/h6-9,11,16H,3-5,10H2,1-2H3. The highest BCUT2D eigenvalue weighted by Gasteiger charge is 2.23. The highest BCUT2D eigenvalue weighted by atomic mass is 19.3. The number of benzene rings is 1. The molecule has 2 rings (SSSR count). The molecule has 0 aliphatic carbocycles. The van der Waals surface area contributed by atoms with Crippen molar-refractivity contribution in [3.63, 3.8) is 0 Å². The Hall–Kier alpha value is -1.98. The van der Waals surface area contributed by atoms with Crippen LogP contribution in [0.15, 0.2) is 24.3 Å². The van der Waals surface area contributed by atoms with E-state index in [1.165, 1.54) is 0 Å². The fourth-order valence-corrected chi connectivity index (χ4v) is 2.38. The number of hydrogen-bond donors (Lipinski definition) is 0. The fourth-order valence-electron chi connectivity index (χ4n) is 2.38. The third kappa shape index (κ3) is 3.61. The summed E-state index contributed by atoms with van der Waals surface area (Å²) in [6.07, 6.45) is 2.18. The van der Waals surface area contributed by atoms with Crippen molar-refractivity contribution in [3.05, 3.63) is 30.1 Å². The predicted octanol–water partition coefficient (Wildman–Crippen LogP) is 4.62. The average molecular weight is 310 g/mol. The van der Waals surface area contributed by atoms with Crippen LogP contribution < -0.4 is 0 Å². The molecule has 120 valence electrons. The van der Waals surface area contributed by atoms with Gasteiger partial charge in [-0.1, -0.05) is 31.9 Å². The van der Waals surface area contributed by atoms with E-state index in [4.69, 9.17) is 4.74 Å². The van der Waals surface area contributed by atoms with Crippen LogP contribution in [-0.2, 0) is 9.53 Å². The number of carbonyl (C=O) groups excluding carboxylic acids is 1. The molecule has 0 spiro atoms. The molecule has 1 aromatic carbocycles. The molecular weight excluding hydrogens is 290 g/mol. The lowest BCUT2D eigenvalue weighted by Gasteiger charge is -2.15. The lowest BCUT2D eigenvalue weighted by Crippen LogP contribution is -2.14. The molecule has 4 nitrogen and oxygen atoms in total. The van der Waals surface area contributed by atoms with Gasteiger partial charge in [0, 0.05) is 6.42 Å². The topological polar surface area (TPSA) is 44.1 Å². The maximum atomic E-state index is 13.3. The Morgan fingerprint density at radius 2 is 2.05 bits per heavy atom. The number of fused-ring (bicyclic) bond motifs is 1. The van der Waals surface area contributed by atoms with Crippen LogP contribution in [0.25, 0.3) is 11.0 Å². The second-order valence-electron chi connectivity index (χ2n) is 5.20. The number of halogens is 2. The van der Waals surface area contributed by atoms with E-state index in [-0.39, 0.29) is 11.8 Å². The van der Waals surface area contributed by atoms with Gasteiger partial charge in [-0.15, -0.1) is 0 Å². The maximum absolute atomic E-state index is 13.3. The van der Waals surface area contributed by atoms with Gasteiger partial charge in [-0.25, -0.2) is 4.98 Å². The summed E-state index contributed by atoms with van der Waals surface area (Å²) >= 11 is 0. The van der Waals surface area contributed by atoms with Crippen LogP contribution in [0.5, 0.6) is 0 Å². The first kappa shape index (κ1) is 16.4. The van der Waals surface area contributed by atoms with Gasteiger partial charge in [0.25, 0.3) is 0 Å². The minimum atomic E-state index is -2.73. The summed E-state index contributed by atoms with van der Waals surface area (Å²) in [7, 11) is 0. The Morgan fingerprint density at radius 1 is 1.32 bits per heavy atom. The van der Waals surface area contributed by atoms with Crippen molar-refractivity contribution in [3.8, 4) is 0 Å².